The van der Waals surface area contributed by atoms with Gasteiger partial charge in [0.1, 0.15) is 0 Å². The highest BCUT2D eigenvalue weighted by molar-refractivity contribution is 5.81. The summed E-state index contributed by atoms with van der Waals surface area (Å²) in [6.07, 6.45) is 5.08. The Morgan fingerprint density at radius 1 is 1.33 bits per heavy atom. The molecule has 2 aliphatic heterocycles. The van der Waals surface area contributed by atoms with Crippen LogP contribution in [0.4, 0.5) is 11.5 Å². The summed E-state index contributed by atoms with van der Waals surface area (Å²) in [4.78, 5) is 25.6. The molecule has 0 radical (unpaired) electrons. The molecule has 1 saturated heterocycles. The Bertz CT molecular complexity index is 876. The average molecular weight is 363 g/mol. The van der Waals surface area contributed by atoms with E-state index in [1.54, 1.807) is 6.20 Å². The van der Waals surface area contributed by atoms with Crippen molar-refractivity contribution in [1.29, 1.82) is 0 Å². The van der Waals surface area contributed by atoms with Crippen molar-refractivity contribution in [2.24, 2.45) is 5.92 Å². The standard InChI is InChI=1S/C20H23N6O/c1-13-14(2)24-20(23-12-21)18-11-26(10-17(13)18)19(27)6-15-8-25(9-15)16-4-3-5-22-7-16/h3-5,7,12,15H,6,8-11H2,1-2H3,(H-,21,23,24)/q-1. The zero-order valence-corrected chi connectivity index (χ0v) is 15.6. The fraction of sp³-hybridized carbons (Fsp3) is 0.400. The summed E-state index contributed by atoms with van der Waals surface area (Å²) < 4.78 is 0. The van der Waals surface area contributed by atoms with Gasteiger partial charge in [0, 0.05) is 50.4 Å². The number of aromatic nitrogens is 2. The number of anilines is 2. The normalized spacial score (nSPS) is 16.1. The molecule has 0 unspecified atom stereocenters. The van der Waals surface area contributed by atoms with Crippen molar-refractivity contribution < 1.29 is 4.79 Å². The predicted octanol–water partition coefficient (Wildman–Crippen LogP) is 2.47. The van der Waals surface area contributed by atoms with E-state index in [2.05, 4.69) is 20.2 Å². The van der Waals surface area contributed by atoms with Gasteiger partial charge in [-0.2, -0.15) is 0 Å². The lowest BCUT2D eigenvalue weighted by Gasteiger charge is -2.41. The Morgan fingerprint density at radius 3 is 2.81 bits per heavy atom. The molecule has 4 heterocycles. The third kappa shape index (κ3) is 3.25. The summed E-state index contributed by atoms with van der Waals surface area (Å²) in [5.74, 6) is 1.20. The van der Waals surface area contributed by atoms with Crippen molar-refractivity contribution in [2.75, 3.05) is 23.3 Å². The maximum absolute atomic E-state index is 12.8. The molecule has 2 aliphatic rings. The first-order valence-corrected chi connectivity index (χ1v) is 9.21. The van der Waals surface area contributed by atoms with E-state index in [9.17, 15) is 4.79 Å². The molecule has 1 fully saturated rings. The fourth-order valence-electron chi connectivity index (χ4n) is 3.91. The SMILES string of the molecule is Cc1nc(NC=[N-])c2c(c1C)CN(C(=O)CC1CN(c3cccnc3)C1)C2. The predicted molar refractivity (Wildman–Crippen MR) is 106 cm³/mol. The Kier molecular flexibility index (Phi) is 4.51. The minimum absolute atomic E-state index is 0.179. The van der Waals surface area contributed by atoms with E-state index in [0.29, 0.717) is 31.2 Å². The molecule has 0 bridgehead atoms. The van der Waals surface area contributed by atoms with Crippen molar-refractivity contribution in [2.45, 2.75) is 33.4 Å². The lowest BCUT2D eigenvalue weighted by Crippen LogP contribution is -2.48. The first-order chi connectivity index (χ1) is 13.1. The largest absolute Gasteiger partial charge is 0.472 e. The molecule has 2 aromatic heterocycles. The van der Waals surface area contributed by atoms with E-state index in [0.717, 1.165) is 47.5 Å². The van der Waals surface area contributed by atoms with Crippen LogP contribution in [0, 0.1) is 19.8 Å². The van der Waals surface area contributed by atoms with Gasteiger partial charge in [0.25, 0.3) is 0 Å². The van der Waals surface area contributed by atoms with Gasteiger partial charge in [0.15, 0.2) is 0 Å². The summed E-state index contributed by atoms with van der Waals surface area (Å²) in [5.41, 5.74) is 5.30. The molecule has 1 amide bonds. The number of nitrogens with one attached hydrogen (secondary N) is 1. The van der Waals surface area contributed by atoms with Crippen molar-refractivity contribution in [3.8, 4) is 0 Å². The number of pyridine rings is 2. The van der Waals surface area contributed by atoms with Gasteiger partial charge in [-0.15, -0.1) is 6.34 Å². The fourth-order valence-corrected chi connectivity index (χ4v) is 3.91. The molecule has 0 spiro atoms. The Labute approximate surface area is 158 Å². The maximum Gasteiger partial charge on any atom is 0.223 e. The minimum atomic E-state index is 0.179. The van der Waals surface area contributed by atoms with E-state index >= 15 is 0 Å². The molecule has 7 heteroatoms. The highest BCUT2D eigenvalue weighted by atomic mass is 16.2. The number of nitrogens with zero attached hydrogens (tertiary/aromatic N) is 5. The van der Waals surface area contributed by atoms with Crippen LogP contribution in [0.5, 0.6) is 0 Å². The van der Waals surface area contributed by atoms with E-state index in [4.69, 9.17) is 5.41 Å². The minimum Gasteiger partial charge on any atom is -0.472 e. The molecule has 0 aromatic carbocycles. The number of hydrogen-bond donors (Lipinski definition) is 1. The zero-order valence-electron chi connectivity index (χ0n) is 15.6. The summed E-state index contributed by atoms with van der Waals surface area (Å²) >= 11 is 0. The third-order valence-corrected chi connectivity index (χ3v) is 5.61. The molecule has 140 valence electrons. The molecule has 27 heavy (non-hydrogen) atoms. The van der Waals surface area contributed by atoms with Crippen molar-refractivity contribution in [3.63, 3.8) is 0 Å². The Hall–Kier alpha value is -2.96. The van der Waals surface area contributed by atoms with Crippen LogP contribution in [-0.2, 0) is 17.9 Å². The summed E-state index contributed by atoms with van der Waals surface area (Å²) in [5, 5.41) is 11.9. The van der Waals surface area contributed by atoms with Gasteiger partial charge < -0.3 is 20.5 Å². The van der Waals surface area contributed by atoms with Crippen LogP contribution < -0.4 is 10.2 Å². The summed E-state index contributed by atoms with van der Waals surface area (Å²) in [6.45, 7) is 6.93. The molecular weight excluding hydrogens is 340 g/mol. The topological polar surface area (TPSA) is 83.7 Å². The summed E-state index contributed by atoms with van der Waals surface area (Å²) in [6, 6.07) is 3.98. The number of carbonyl (C=O) groups excluding carboxylic acids is 1. The van der Waals surface area contributed by atoms with E-state index in [1.807, 2.05) is 37.1 Å². The van der Waals surface area contributed by atoms with Crippen LogP contribution in [0.1, 0.15) is 28.8 Å². The van der Waals surface area contributed by atoms with Gasteiger partial charge in [-0.3, -0.25) is 14.8 Å². The van der Waals surface area contributed by atoms with Gasteiger partial charge in [0.05, 0.1) is 17.7 Å². The number of aryl methyl sites for hydroxylation is 1. The van der Waals surface area contributed by atoms with E-state index in [-0.39, 0.29) is 5.91 Å². The average Bonchev–Trinajstić information content (AvgIpc) is 3.09. The van der Waals surface area contributed by atoms with Crippen LogP contribution in [0.2, 0.25) is 0 Å². The molecule has 1 N–H and O–H groups in total. The zero-order chi connectivity index (χ0) is 19.0. The number of rotatable bonds is 5. The van der Waals surface area contributed by atoms with E-state index in [1.165, 1.54) is 0 Å². The van der Waals surface area contributed by atoms with Crippen LogP contribution in [0.15, 0.2) is 24.5 Å². The van der Waals surface area contributed by atoms with Crippen LogP contribution in [0.3, 0.4) is 0 Å². The first-order valence-electron chi connectivity index (χ1n) is 9.21. The van der Waals surface area contributed by atoms with Gasteiger partial charge >= 0.3 is 0 Å². The first kappa shape index (κ1) is 17.5. The molecule has 4 rings (SSSR count). The maximum atomic E-state index is 12.8. The van der Waals surface area contributed by atoms with Crippen molar-refractivity contribution in [3.05, 3.63) is 52.3 Å². The van der Waals surface area contributed by atoms with Crippen LogP contribution in [-0.4, -0.2) is 40.2 Å². The molecule has 0 atom stereocenters. The highest BCUT2D eigenvalue weighted by Crippen LogP contribution is 2.33. The number of hydrogen-bond acceptors (Lipinski definition) is 4. The smallest absolute Gasteiger partial charge is 0.223 e. The number of amides is 1. The lowest BCUT2D eigenvalue weighted by molar-refractivity contribution is -0.133. The molecule has 0 aliphatic carbocycles. The van der Waals surface area contributed by atoms with Crippen molar-refractivity contribution >= 4 is 23.8 Å². The molecular formula is C20H23N6O-. The second-order valence-corrected chi connectivity index (χ2v) is 7.34. The van der Waals surface area contributed by atoms with E-state index < -0.39 is 0 Å². The molecule has 7 nitrogen and oxygen atoms in total. The summed E-state index contributed by atoms with van der Waals surface area (Å²) in [7, 11) is 0. The van der Waals surface area contributed by atoms with Crippen LogP contribution >= 0.6 is 0 Å². The Morgan fingerprint density at radius 2 is 2.11 bits per heavy atom. The highest BCUT2D eigenvalue weighted by Gasteiger charge is 2.33. The van der Waals surface area contributed by atoms with Crippen LogP contribution in [0.25, 0.3) is 5.41 Å². The quantitative estimate of drug-likeness (QED) is 0.652. The van der Waals surface area contributed by atoms with Gasteiger partial charge in [-0.25, -0.2) is 0 Å². The van der Waals surface area contributed by atoms with Gasteiger partial charge in [-0.1, -0.05) is 0 Å². The lowest BCUT2D eigenvalue weighted by atomic mass is 9.95. The second-order valence-electron chi connectivity index (χ2n) is 7.34. The second kappa shape index (κ2) is 6.98. The third-order valence-electron chi connectivity index (χ3n) is 5.61. The number of fused-ring (bicyclic) bond motifs is 1. The Balaban J connectivity index is 1.39. The van der Waals surface area contributed by atoms with Gasteiger partial charge in [-0.05, 0) is 42.7 Å². The molecule has 2 aromatic rings. The van der Waals surface area contributed by atoms with Crippen molar-refractivity contribution in [1.82, 2.24) is 14.9 Å². The monoisotopic (exact) mass is 363 g/mol. The molecule has 0 saturated carbocycles. The number of carbonyl (C=O) groups is 1. The van der Waals surface area contributed by atoms with Gasteiger partial charge in [0.2, 0.25) is 5.91 Å².